The van der Waals surface area contributed by atoms with Gasteiger partial charge in [-0.05, 0) is 44.9 Å². The Morgan fingerprint density at radius 1 is 1.22 bits per heavy atom. The maximum absolute atomic E-state index is 13.0. The lowest BCUT2D eigenvalue weighted by Crippen LogP contribution is -2.48. The van der Waals surface area contributed by atoms with Crippen molar-refractivity contribution in [3.63, 3.8) is 0 Å². The van der Waals surface area contributed by atoms with Crippen molar-refractivity contribution in [3.05, 3.63) is 41.3 Å². The van der Waals surface area contributed by atoms with Crippen LogP contribution in [0.5, 0.6) is 0 Å². The summed E-state index contributed by atoms with van der Waals surface area (Å²) in [5, 5.41) is 2.54. The lowest BCUT2D eigenvalue weighted by molar-refractivity contribution is -0.137. The topological polar surface area (TPSA) is 142 Å². The van der Waals surface area contributed by atoms with E-state index in [1.807, 2.05) is 4.72 Å². The molecule has 0 aliphatic carbocycles. The van der Waals surface area contributed by atoms with Crippen LogP contribution >= 0.6 is 0 Å². The molecule has 1 fully saturated rings. The second kappa shape index (κ2) is 10.4. The van der Waals surface area contributed by atoms with Gasteiger partial charge in [-0.15, -0.1) is 0 Å². The Morgan fingerprint density at radius 3 is 2.56 bits per heavy atom. The predicted molar refractivity (Wildman–Crippen MR) is 124 cm³/mol. The summed E-state index contributed by atoms with van der Waals surface area (Å²) in [7, 11) is -7.89. The first-order valence-electron chi connectivity index (χ1n) is 10.9. The second-order valence-corrected chi connectivity index (χ2v) is 12.1. The fraction of sp³-hybridized carbons (Fsp3) is 0.500. The summed E-state index contributed by atoms with van der Waals surface area (Å²) in [4.78, 5) is 16.4. The van der Waals surface area contributed by atoms with Crippen molar-refractivity contribution < 1.29 is 39.2 Å². The van der Waals surface area contributed by atoms with E-state index in [4.69, 9.17) is 4.42 Å². The summed E-state index contributed by atoms with van der Waals surface area (Å²) in [6.45, 7) is 4.60. The molecule has 0 bridgehead atoms. The van der Waals surface area contributed by atoms with E-state index < -0.39 is 49.6 Å². The van der Waals surface area contributed by atoms with Gasteiger partial charge in [-0.25, -0.2) is 13.1 Å². The summed E-state index contributed by atoms with van der Waals surface area (Å²) in [5.74, 6) is -1.24. The molecular formula is C20H26F3N5O6S2. The maximum Gasteiger partial charge on any atom is 0.416 e. The molecule has 36 heavy (non-hydrogen) atoms. The smallest absolute Gasteiger partial charge is 0.416 e. The molecule has 2 N–H and O–H groups in total. The van der Waals surface area contributed by atoms with Crippen LogP contribution in [0.4, 0.5) is 24.9 Å². The zero-order chi connectivity index (χ0) is 26.9. The highest BCUT2D eigenvalue weighted by Crippen LogP contribution is 2.33. The van der Waals surface area contributed by atoms with Crippen LogP contribution in [0.15, 0.2) is 28.9 Å². The molecule has 0 saturated carbocycles. The Balaban J connectivity index is 1.71. The number of hydrogen-bond acceptors (Lipinski definition) is 8. The SMILES string of the molecule is CCS(=O)(=O)N1CCCN(S(=O)(=O)NC(=O)c2coc(Nc3cc(C(F)(F)F)ccc3C)n2)CC1C. The first kappa shape index (κ1) is 27.9. The summed E-state index contributed by atoms with van der Waals surface area (Å²) in [6.07, 6.45) is -3.48. The second-order valence-electron chi connectivity index (χ2n) is 8.20. The number of hydrogen-bond donors (Lipinski definition) is 2. The fourth-order valence-electron chi connectivity index (χ4n) is 3.62. The molecule has 11 nitrogen and oxygen atoms in total. The van der Waals surface area contributed by atoms with Crippen LogP contribution in [-0.4, -0.2) is 67.8 Å². The molecule has 2 heterocycles. The first-order valence-corrected chi connectivity index (χ1v) is 13.9. The molecule has 1 atom stereocenters. The number of oxazole rings is 1. The van der Waals surface area contributed by atoms with Gasteiger partial charge >= 0.3 is 16.4 Å². The van der Waals surface area contributed by atoms with Crippen LogP contribution in [0.1, 0.15) is 41.9 Å². The van der Waals surface area contributed by atoms with Crippen molar-refractivity contribution in [3.8, 4) is 0 Å². The van der Waals surface area contributed by atoms with E-state index in [2.05, 4.69) is 10.3 Å². The summed E-state index contributed by atoms with van der Waals surface area (Å²) >= 11 is 0. The Hall–Kier alpha value is -2.69. The highest BCUT2D eigenvalue weighted by molar-refractivity contribution is 7.89. The third kappa shape index (κ3) is 6.35. The molecule has 0 spiro atoms. The quantitative estimate of drug-likeness (QED) is 0.533. The number of aromatic nitrogens is 1. The number of nitrogens with one attached hydrogen (secondary N) is 2. The van der Waals surface area contributed by atoms with Crippen molar-refractivity contribution >= 4 is 37.8 Å². The Bertz CT molecular complexity index is 1330. The monoisotopic (exact) mass is 553 g/mol. The fourth-order valence-corrected chi connectivity index (χ4v) is 6.22. The molecule has 1 aromatic carbocycles. The number of aryl methyl sites for hydroxylation is 1. The third-order valence-electron chi connectivity index (χ3n) is 5.57. The lowest BCUT2D eigenvalue weighted by Gasteiger charge is -2.27. The minimum atomic E-state index is -4.57. The molecular weight excluding hydrogens is 527 g/mol. The number of amides is 1. The average molecular weight is 554 g/mol. The van der Waals surface area contributed by atoms with Gasteiger partial charge in [0, 0.05) is 31.4 Å². The normalized spacial score (nSPS) is 18.6. The van der Waals surface area contributed by atoms with Gasteiger partial charge in [-0.3, -0.25) is 4.79 Å². The lowest BCUT2D eigenvalue weighted by atomic mass is 10.1. The molecule has 200 valence electrons. The molecule has 1 aliphatic heterocycles. The van der Waals surface area contributed by atoms with Crippen LogP contribution in [-0.2, 0) is 26.4 Å². The standard InChI is InChI=1S/C20H26F3N5O6S2/c1-4-35(30,31)28-9-5-8-27(11-14(28)3)36(32,33)26-18(29)17-12-34-19(25-17)24-16-10-15(20(21,22)23)7-6-13(16)2/h6-7,10,12,14H,4-5,8-9,11H2,1-3H3,(H,24,25)(H,26,29). The van der Waals surface area contributed by atoms with Gasteiger partial charge in [0.1, 0.15) is 6.26 Å². The molecule has 0 radical (unpaired) electrons. The molecule has 1 aromatic heterocycles. The molecule has 1 saturated heterocycles. The van der Waals surface area contributed by atoms with Crippen LogP contribution in [0.3, 0.4) is 0 Å². The van der Waals surface area contributed by atoms with Gasteiger partial charge in [0.05, 0.1) is 11.3 Å². The highest BCUT2D eigenvalue weighted by Gasteiger charge is 2.35. The van der Waals surface area contributed by atoms with Crippen LogP contribution < -0.4 is 10.0 Å². The number of benzene rings is 1. The maximum atomic E-state index is 13.0. The Labute approximate surface area is 206 Å². The van der Waals surface area contributed by atoms with Gasteiger partial charge in [-0.2, -0.15) is 35.2 Å². The van der Waals surface area contributed by atoms with E-state index in [-0.39, 0.29) is 43.5 Å². The highest BCUT2D eigenvalue weighted by atomic mass is 32.2. The number of carbonyl (C=O) groups is 1. The number of rotatable bonds is 7. The van der Waals surface area contributed by atoms with Crippen LogP contribution in [0.25, 0.3) is 0 Å². The summed E-state index contributed by atoms with van der Waals surface area (Å²) < 4.78 is 98.3. The third-order valence-corrected chi connectivity index (χ3v) is 9.01. The summed E-state index contributed by atoms with van der Waals surface area (Å²) in [5.41, 5.74) is -0.840. The molecule has 16 heteroatoms. The number of nitrogens with zero attached hydrogens (tertiary/aromatic N) is 3. The van der Waals surface area contributed by atoms with E-state index >= 15 is 0 Å². The van der Waals surface area contributed by atoms with Crippen molar-refractivity contribution in [1.82, 2.24) is 18.3 Å². The summed E-state index contributed by atoms with van der Waals surface area (Å²) in [6, 6.07) is 2.06. The van der Waals surface area contributed by atoms with Crippen LogP contribution in [0, 0.1) is 6.92 Å². The minimum absolute atomic E-state index is 0.0108. The van der Waals surface area contributed by atoms with E-state index in [1.165, 1.54) is 17.3 Å². The molecule has 3 rings (SSSR count). The van der Waals surface area contributed by atoms with Crippen molar-refractivity contribution in [2.45, 2.75) is 39.4 Å². The predicted octanol–water partition coefficient (Wildman–Crippen LogP) is 2.47. The number of alkyl halides is 3. The zero-order valence-corrected chi connectivity index (χ0v) is 21.3. The van der Waals surface area contributed by atoms with Gasteiger partial charge in [0.15, 0.2) is 5.69 Å². The Kier molecular flexibility index (Phi) is 8.02. The van der Waals surface area contributed by atoms with Gasteiger partial charge in [0.2, 0.25) is 10.0 Å². The van der Waals surface area contributed by atoms with Gasteiger partial charge in [-0.1, -0.05) is 6.07 Å². The van der Waals surface area contributed by atoms with Crippen molar-refractivity contribution in [2.75, 3.05) is 30.7 Å². The van der Waals surface area contributed by atoms with Crippen LogP contribution in [0.2, 0.25) is 0 Å². The number of anilines is 2. The molecule has 1 unspecified atom stereocenters. The molecule has 2 aromatic rings. The van der Waals surface area contributed by atoms with E-state index in [0.717, 1.165) is 22.7 Å². The van der Waals surface area contributed by atoms with E-state index in [1.54, 1.807) is 13.8 Å². The van der Waals surface area contributed by atoms with Crippen molar-refractivity contribution in [2.24, 2.45) is 0 Å². The van der Waals surface area contributed by atoms with Gasteiger partial charge in [0.25, 0.3) is 11.9 Å². The minimum Gasteiger partial charge on any atom is -0.431 e. The van der Waals surface area contributed by atoms with E-state index in [0.29, 0.717) is 5.56 Å². The number of halogens is 3. The molecule has 1 aliphatic rings. The number of sulfonamides is 1. The number of carbonyl (C=O) groups excluding carboxylic acids is 1. The first-order chi connectivity index (χ1) is 16.6. The average Bonchev–Trinajstić information content (AvgIpc) is 3.14. The zero-order valence-electron chi connectivity index (χ0n) is 19.7. The van der Waals surface area contributed by atoms with Crippen molar-refractivity contribution in [1.29, 1.82) is 0 Å². The molecule has 1 amide bonds. The van der Waals surface area contributed by atoms with Gasteiger partial charge < -0.3 is 9.73 Å². The Morgan fingerprint density at radius 2 is 1.92 bits per heavy atom. The largest absolute Gasteiger partial charge is 0.431 e. The van der Waals surface area contributed by atoms with E-state index in [9.17, 15) is 34.8 Å².